The second-order valence-corrected chi connectivity index (χ2v) is 6.19. The maximum Gasteiger partial charge on any atom is 0.435 e. The third-order valence-corrected chi connectivity index (χ3v) is 4.41. The fourth-order valence-corrected chi connectivity index (χ4v) is 2.96. The van der Waals surface area contributed by atoms with Gasteiger partial charge in [-0.3, -0.25) is 9.48 Å². The average molecular weight is 356 g/mol. The van der Waals surface area contributed by atoms with Crippen molar-refractivity contribution in [1.29, 1.82) is 0 Å². The van der Waals surface area contributed by atoms with Gasteiger partial charge in [-0.25, -0.2) is 4.68 Å². The lowest BCUT2D eigenvalue weighted by molar-refractivity contribution is -0.142. The number of aromatic nitrogens is 5. The second kappa shape index (κ2) is 7.34. The normalized spacial score (nSPS) is 17.1. The average Bonchev–Trinajstić information content (AvgIpc) is 3.09. The second-order valence-electron chi connectivity index (χ2n) is 6.19. The summed E-state index contributed by atoms with van der Waals surface area (Å²) >= 11 is 0. The highest BCUT2D eigenvalue weighted by molar-refractivity contribution is 5.04. The summed E-state index contributed by atoms with van der Waals surface area (Å²) in [5.41, 5.74) is -1.53. The van der Waals surface area contributed by atoms with Gasteiger partial charge in [0.25, 0.3) is 5.56 Å². The van der Waals surface area contributed by atoms with Gasteiger partial charge in [-0.2, -0.15) is 18.3 Å². The van der Waals surface area contributed by atoms with Gasteiger partial charge in [-0.1, -0.05) is 5.21 Å². The molecular weight excluding hydrogens is 337 g/mol. The zero-order valence-electron chi connectivity index (χ0n) is 13.6. The molecule has 0 spiro atoms. The van der Waals surface area contributed by atoms with Gasteiger partial charge in [-0.05, 0) is 37.9 Å². The molecule has 3 heterocycles. The Hall–Kier alpha value is -2.23. The van der Waals surface area contributed by atoms with E-state index < -0.39 is 17.4 Å². The molecule has 1 aliphatic rings. The van der Waals surface area contributed by atoms with E-state index >= 15 is 0 Å². The number of piperidine rings is 1. The molecule has 2 aromatic rings. The molecule has 0 bridgehead atoms. The Kier molecular flexibility index (Phi) is 5.16. The van der Waals surface area contributed by atoms with Crippen molar-refractivity contribution in [1.82, 2.24) is 29.7 Å². The standard InChI is InChI=1S/C15H19F3N6O/c16-15(17,18)13-1-2-14(25)24(20-13)11-12-3-6-22(7-4-12)9-10-23-8-5-19-21-23/h1-2,5,8,12H,3-4,6-7,9-11H2. The van der Waals surface area contributed by atoms with Gasteiger partial charge < -0.3 is 4.90 Å². The van der Waals surface area contributed by atoms with Gasteiger partial charge in [0.05, 0.1) is 12.7 Å². The van der Waals surface area contributed by atoms with Gasteiger partial charge >= 0.3 is 6.18 Å². The first-order valence-electron chi connectivity index (χ1n) is 8.13. The number of alkyl halides is 3. The smallest absolute Gasteiger partial charge is 0.301 e. The maximum atomic E-state index is 12.7. The largest absolute Gasteiger partial charge is 0.435 e. The Labute approximate surface area is 142 Å². The van der Waals surface area contributed by atoms with E-state index in [1.54, 1.807) is 17.1 Å². The Morgan fingerprint density at radius 1 is 1.16 bits per heavy atom. The first-order valence-corrected chi connectivity index (χ1v) is 8.13. The van der Waals surface area contributed by atoms with E-state index in [9.17, 15) is 18.0 Å². The maximum absolute atomic E-state index is 12.7. The SMILES string of the molecule is O=c1ccc(C(F)(F)F)nn1CC1CCN(CCn2ccnn2)CC1. The van der Waals surface area contributed by atoms with Gasteiger partial charge in [0, 0.05) is 25.4 Å². The minimum absolute atomic E-state index is 0.149. The number of likely N-dealkylation sites (tertiary alicyclic amines) is 1. The molecule has 2 aromatic heterocycles. The Morgan fingerprint density at radius 2 is 1.92 bits per heavy atom. The van der Waals surface area contributed by atoms with E-state index in [0.717, 1.165) is 55.8 Å². The van der Waals surface area contributed by atoms with Crippen LogP contribution in [0.4, 0.5) is 13.2 Å². The van der Waals surface area contributed by atoms with Crippen LogP contribution in [0.2, 0.25) is 0 Å². The quantitative estimate of drug-likeness (QED) is 0.807. The molecule has 1 fully saturated rings. The highest BCUT2D eigenvalue weighted by atomic mass is 19.4. The molecule has 1 saturated heterocycles. The number of nitrogens with zero attached hydrogens (tertiary/aromatic N) is 6. The lowest BCUT2D eigenvalue weighted by Gasteiger charge is -2.31. The number of halogens is 3. The summed E-state index contributed by atoms with van der Waals surface area (Å²) in [5, 5.41) is 11.1. The van der Waals surface area contributed by atoms with Crippen molar-refractivity contribution in [2.75, 3.05) is 19.6 Å². The van der Waals surface area contributed by atoms with E-state index in [4.69, 9.17) is 0 Å². The van der Waals surface area contributed by atoms with Crippen LogP contribution in [-0.4, -0.2) is 49.3 Å². The van der Waals surface area contributed by atoms with Gasteiger partial charge in [0.2, 0.25) is 0 Å². The van der Waals surface area contributed by atoms with Crippen LogP contribution in [0.25, 0.3) is 0 Å². The van der Waals surface area contributed by atoms with E-state index in [0.29, 0.717) is 0 Å². The van der Waals surface area contributed by atoms with Crippen LogP contribution < -0.4 is 5.56 Å². The molecular formula is C15H19F3N6O. The minimum atomic E-state index is -4.54. The first-order chi connectivity index (χ1) is 11.9. The first kappa shape index (κ1) is 17.6. The van der Waals surface area contributed by atoms with Crippen LogP contribution in [0.3, 0.4) is 0 Å². The molecule has 0 unspecified atom stereocenters. The molecule has 0 aliphatic carbocycles. The fraction of sp³-hybridized carbons (Fsp3) is 0.600. The van der Waals surface area contributed by atoms with Crippen molar-refractivity contribution < 1.29 is 13.2 Å². The summed E-state index contributed by atoms with van der Waals surface area (Å²) in [4.78, 5) is 14.1. The predicted molar refractivity (Wildman–Crippen MR) is 82.7 cm³/mol. The van der Waals surface area contributed by atoms with Crippen molar-refractivity contribution >= 4 is 0 Å². The molecule has 0 aromatic carbocycles. The van der Waals surface area contributed by atoms with Crippen LogP contribution in [0.5, 0.6) is 0 Å². The Bertz CT molecular complexity index is 734. The van der Waals surface area contributed by atoms with E-state index in [1.165, 1.54) is 0 Å². The van der Waals surface area contributed by atoms with E-state index in [-0.39, 0.29) is 12.5 Å². The molecule has 3 rings (SSSR count). The fourth-order valence-electron chi connectivity index (χ4n) is 2.96. The summed E-state index contributed by atoms with van der Waals surface area (Å²) < 4.78 is 40.9. The Balaban J connectivity index is 1.53. The summed E-state index contributed by atoms with van der Waals surface area (Å²) in [5.74, 6) is 0.149. The molecule has 136 valence electrons. The molecule has 0 atom stereocenters. The van der Waals surface area contributed by atoms with Crippen LogP contribution in [0.1, 0.15) is 18.5 Å². The molecule has 10 heteroatoms. The zero-order chi connectivity index (χ0) is 17.9. The molecule has 0 amide bonds. The number of hydrogen-bond acceptors (Lipinski definition) is 5. The van der Waals surface area contributed by atoms with Crippen LogP contribution in [0, 0.1) is 5.92 Å². The van der Waals surface area contributed by atoms with Gasteiger partial charge in [0.1, 0.15) is 0 Å². The summed E-state index contributed by atoms with van der Waals surface area (Å²) in [7, 11) is 0. The summed E-state index contributed by atoms with van der Waals surface area (Å²) in [6, 6.07) is 1.66. The van der Waals surface area contributed by atoms with E-state index in [1.807, 2.05) is 0 Å². The van der Waals surface area contributed by atoms with Crippen LogP contribution >= 0.6 is 0 Å². The monoisotopic (exact) mass is 356 g/mol. The molecule has 7 nitrogen and oxygen atoms in total. The topological polar surface area (TPSA) is 68.8 Å². The van der Waals surface area contributed by atoms with Gasteiger partial charge in [-0.15, -0.1) is 5.10 Å². The van der Waals surface area contributed by atoms with Crippen molar-refractivity contribution in [2.24, 2.45) is 5.92 Å². The highest BCUT2D eigenvalue weighted by Gasteiger charge is 2.33. The molecule has 0 saturated carbocycles. The summed E-state index contributed by atoms with van der Waals surface area (Å²) in [6.45, 7) is 3.50. The van der Waals surface area contributed by atoms with Crippen LogP contribution in [0.15, 0.2) is 29.3 Å². The highest BCUT2D eigenvalue weighted by Crippen LogP contribution is 2.26. The summed E-state index contributed by atoms with van der Waals surface area (Å²) in [6.07, 6.45) is 0.536. The van der Waals surface area contributed by atoms with Crippen molar-refractivity contribution in [3.63, 3.8) is 0 Å². The van der Waals surface area contributed by atoms with Crippen molar-refractivity contribution in [3.8, 4) is 0 Å². The number of hydrogen-bond donors (Lipinski definition) is 0. The minimum Gasteiger partial charge on any atom is -0.301 e. The Morgan fingerprint density at radius 3 is 2.56 bits per heavy atom. The van der Waals surface area contributed by atoms with Gasteiger partial charge in [0.15, 0.2) is 5.69 Å². The third-order valence-electron chi connectivity index (χ3n) is 4.41. The lowest BCUT2D eigenvalue weighted by Crippen LogP contribution is -2.38. The predicted octanol–water partition coefficient (Wildman–Crippen LogP) is 1.27. The van der Waals surface area contributed by atoms with Crippen molar-refractivity contribution in [3.05, 3.63) is 40.6 Å². The number of rotatable bonds is 5. The lowest BCUT2D eigenvalue weighted by atomic mass is 9.97. The molecule has 0 radical (unpaired) electrons. The van der Waals surface area contributed by atoms with E-state index in [2.05, 4.69) is 20.3 Å². The van der Waals surface area contributed by atoms with Crippen molar-refractivity contribution in [2.45, 2.75) is 32.1 Å². The van der Waals surface area contributed by atoms with Crippen LogP contribution in [-0.2, 0) is 19.3 Å². The third kappa shape index (κ3) is 4.65. The zero-order valence-corrected chi connectivity index (χ0v) is 13.6. The molecule has 1 aliphatic heterocycles. The molecule has 0 N–H and O–H groups in total. The molecule has 25 heavy (non-hydrogen) atoms.